The molecule has 3 nitrogen and oxygen atoms in total. The van der Waals surface area contributed by atoms with Crippen molar-refractivity contribution < 1.29 is 9.59 Å². The number of amides is 2. The van der Waals surface area contributed by atoms with Crippen LogP contribution in [0.5, 0.6) is 0 Å². The zero-order chi connectivity index (χ0) is 9.59. The van der Waals surface area contributed by atoms with Crippen molar-refractivity contribution in [3.63, 3.8) is 0 Å². The Morgan fingerprint density at radius 1 is 1.31 bits per heavy atom. The molecule has 0 aromatic carbocycles. The molecule has 2 fully saturated rings. The van der Waals surface area contributed by atoms with Gasteiger partial charge >= 0.3 is 0 Å². The van der Waals surface area contributed by atoms with Gasteiger partial charge in [0.15, 0.2) is 0 Å². The molecule has 13 heavy (non-hydrogen) atoms. The second-order valence-corrected chi connectivity index (χ2v) is 4.46. The largest absolute Gasteiger partial charge is 0.296 e. The average molecular weight is 181 g/mol. The second kappa shape index (κ2) is 2.82. The van der Waals surface area contributed by atoms with Crippen LogP contribution < -0.4 is 5.32 Å². The fourth-order valence-electron chi connectivity index (χ4n) is 2.53. The number of hydrogen-bond donors (Lipinski definition) is 1. The van der Waals surface area contributed by atoms with Crippen molar-refractivity contribution in [2.75, 3.05) is 0 Å². The summed E-state index contributed by atoms with van der Waals surface area (Å²) in [5.41, 5.74) is 0. The summed E-state index contributed by atoms with van der Waals surface area (Å²) in [4.78, 5) is 22.3. The van der Waals surface area contributed by atoms with Crippen LogP contribution in [0, 0.1) is 23.7 Å². The molecular formula is C10H15NO2. The molecule has 1 saturated carbocycles. The van der Waals surface area contributed by atoms with Gasteiger partial charge in [0.1, 0.15) is 0 Å². The molecule has 1 N–H and O–H groups in total. The first-order valence-corrected chi connectivity index (χ1v) is 4.93. The number of hydrogen-bond acceptors (Lipinski definition) is 2. The SMILES string of the molecule is CC1CC(C2CC(=O)NC2=O)C1C. The Hall–Kier alpha value is -0.860. The Balaban J connectivity index is 2.03. The van der Waals surface area contributed by atoms with Gasteiger partial charge in [-0.05, 0) is 24.2 Å². The Labute approximate surface area is 77.9 Å². The van der Waals surface area contributed by atoms with Crippen LogP contribution in [0.15, 0.2) is 0 Å². The molecule has 1 saturated heterocycles. The van der Waals surface area contributed by atoms with E-state index in [4.69, 9.17) is 0 Å². The lowest BCUT2D eigenvalue weighted by Gasteiger charge is -2.43. The topological polar surface area (TPSA) is 46.2 Å². The summed E-state index contributed by atoms with van der Waals surface area (Å²) in [6.07, 6.45) is 1.52. The van der Waals surface area contributed by atoms with E-state index >= 15 is 0 Å². The van der Waals surface area contributed by atoms with E-state index < -0.39 is 0 Å². The molecule has 0 radical (unpaired) electrons. The fraction of sp³-hybridized carbons (Fsp3) is 0.800. The summed E-state index contributed by atoms with van der Waals surface area (Å²) < 4.78 is 0. The summed E-state index contributed by atoms with van der Waals surface area (Å²) in [5.74, 6) is 1.59. The Kier molecular flexibility index (Phi) is 1.90. The Morgan fingerprint density at radius 2 is 2.00 bits per heavy atom. The van der Waals surface area contributed by atoms with Crippen molar-refractivity contribution in [2.45, 2.75) is 26.7 Å². The fourth-order valence-corrected chi connectivity index (χ4v) is 2.53. The molecule has 0 aromatic heterocycles. The van der Waals surface area contributed by atoms with Crippen molar-refractivity contribution in [1.82, 2.24) is 5.32 Å². The Bertz CT molecular complexity index is 262. The number of rotatable bonds is 1. The minimum atomic E-state index is -0.0956. The molecule has 3 heteroatoms. The van der Waals surface area contributed by atoms with Crippen molar-refractivity contribution >= 4 is 11.8 Å². The van der Waals surface area contributed by atoms with Gasteiger partial charge in [-0.15, -0.1) is 0 Å². The van der Waals surface area contributed by atoms with Crippen LogP contribution in [-0.4, -0.2) is 11.8 Å². The number of carbonyl (C=O) groups is 2. The van der Waals surface area contributed by atoms with E-state index in [0.717, 1.165) is 6.42 Å². The van der Waals surface area contributed by atoms with Gasteiger partial charge in [0.05, 0.1) is 5.92 Å². The van der Waals surface area contributed by atoms with E-state index in [1.54, 1.807) is 0 Å². The van der Waals surface area contributed by atoms with Crippen LogP contribution in [0.2, 0.25) is 0 Å². The third-order valence-corrected chi connectivity index (χ3v) is 3.74. The molecule has 1 heterocycles. The van der Waals surface area contributed by atoms with Gasteiger partial charge in [-0.3, -0.25) is 14.9 Å². The van der Waals surface area contributed by atoms with Crippen molar-refractivity contribution in [3.8, 4) is 0 Å². The molecule has 1 aliphatic heterocycles. The standard InChI is InChI=1S/C10H15NO2/c1-5-3-7(6(5)2)8-4-9(12)11-10(8)13/h5-8H,3-4H2,1-2H3,(H,11,12,13). The molecular weight excluding hydrogens is 166 g/mol. The van der Waals surface area contributed by atoms with E-state index in [9.17, 15) is 9.59 Å². The lowest BCUT2D eigenvalue weighted by Crippen LogP contribution is -2.40. The van der Waals surface area contributed by atoms with E-state index in [0.29, 0.717) is 24.2 Å². The quantitative estimate of drug-likeness (QED) is 0.612. The van der Waals surface area contributed by atoms with Crippen LogP contribution in [-0.2, 0) is 9.59 Å². The molecule has 2 rings (SSSR count). The molecule has 0 bridgehead atoms. The van der Waals surface area contributed by atoms with Crippen LogP contribution in [0.1, 0.15) is 26.7 Å². The first kappa shape index (κ1) is 8.73. The van der Waals surface area contributed by atoms with Gasteiger partial charge in [0.25, 0.3) is 0 Å². The van der Waals surface area contributed by atoms with Gasteiger partial charge in [-0.1, -0.05) is 13.8 Å². The summed E-state index contributed by atoms with van der Waals surface area (Å²) in [5, 5.41) is 2.37. The lowest BCUT2D eigenvalue weighted by molar-refractivity contribution is -0.128. The molecule has 72 valence electrons. The highest BCUT2D eigenvalue weighted by atomic mass is 16.2. The summed E-state index contributed by atoms with van der Waals surface area (Å²) in [6, 6.07) is 0. The lowest BCUT2D eigenvalue weighted by atomic mass is 9.61. The predicted molar refractivity (Wildman–Crippen MR) is 47.7 cm³/mol. The first-order chi connectivity index (χ1) is 6.09. The van der Waals surface area contributed by atoms with E-state index in [1.165, 1.54) is 0 Å². The number of imide groups is 1. The zero-order valence-corrected chi connectivity index (χ0v) is 8.04. The van der Waals surface area contributed by atoms with Crippen LogP contribution in [0.3, 0.4) is 0 Å². The highest BCUT2D eigenvalue weighted by Crippen LogP contribution is 2.46. The van der Waals surface area contributed by atoms with Gasteiger partial charge < -0.3 is 0 Å². The maximum Gasteiger partial charge on any atom is 0.230 e. The van der Waals surface area contributed by atoms with Crippen LogP contribution in [0.25, 0.3) is 0 Å². The predicted octanol–water partition coefficient (Wildman–Crippen LogP) is 0.941. The van der Waals surface area contributed by atoms with Crippen molar-refractivity contribution in [3.05, 3.63) is 0 Å². The monoisotopic (exact) mass is 181 g/mol. The van der Waals surface area contributed by atoms with E-state index in [2.05, 4.69) is 19.2 Å². The highest BCUT2D eigenvalue weighted by molar-refractivity contribution is 6.03. The maximum absolute atomic E-state index is 11.3. The molecule has 1 aliphatic carbocycles. The normalized spacial score (nSPS) is 44.5. The van der Waals surface area contributed by atoms with Gasteiger partial charge in [0, 0.05) is 6.42 Å². The van der Waals surface area contributed by atoms with Crippen LogP contribution in [0.4, 0.5) is 0 Å². The maximum atomic E-state index is 11.3. The van der Waals surface area contributed by atoms with Gasteiger partial charge in [-0.25, -0.2) is 0 Å². The Morgan fingerprint density at radius 3 is 2.38 bits per heavy atom. The third-order valence-electron chi connectivity index (χ3n) is 3.74. The van der Waals surface area contributed by atoms with E-state index in [-0.39, 0.29) is 17.7 Å². The summed E-state index contributed by atoms with van der Waals surface area (Å²) in [6.45, 7) is 4.38. The summed E-state index contributed by atoms with van der Waals surface area (Å²) >= 11 is 0. The third kappa shape index (κ3) is 1.26. The van der Waals surface area contributed by atoms with Gasteiger partial charge in [0.2, 0.25) is 11.8 Å². The number of nitrogens with one attached hydrogen (secondary N) is 1. The highest BCUT2D eigenvalue weighted by Gasteiger charge is 2.46. The molecule has 0 aromatic rings. The second-order valence-electron chi connectivity index (χ2n) is 4.46. The van der Waals surface area contributed by atoms with Gasteiger partial charge in [-0.2, -0.15) is 0 Å². The zero-order valence-electron chi connectivity index (χ0n) is 8.04. The minimum absolute atomic E-state index is 0.0290. The van der Waals surface area contributed by atoms with Crippen LogP contribution >= 0.6 is 0 Å². The molecule has 2 aliphatic rings. The molecule has 2 amide bonds. The molecule has 4 unspecified atom stereocenters. The van der Waals surface area contributed by atoms with E-state index in [1.807, 2.05) is 0 Å². The molecule has 4 atom stereocenters. The smallest absolute Gasteiger partial charge is 0.230 e. The first-order valence-electron chi connectivity index (χ1n) is 4.93. The molecule has 0 spiro atoms. The van der Waals surface area contributed by atoms with Crippen molar-refractivity contribution in [1.29, 1.82) is 0 Å². The summed E-state index contributed by atoms with van der Waals surface area (Å²) in [7, 11) is 0. The average Bonchev–Trinajstić information content (AvgIpc) is 2.40. The minimum Gasteiger partial charge on any atom is -0.296 e. The van der Waals surface area contributed by atoms with Crippen molar-refractivity contribution in [2.24, 2.45) is 23.7 Å². The number of carbonyl (C=O) groups excluding carboxylic acids is 2.